The third kappa shape index (κ3) is 5.87. The Balaban J connectivity index is 2.38. The highest BCUT2D eigenvalue weighted by Crippen LogP contribution is 2.15. The van der Waals surface area contributed by atoms with Crippen LogP contribution in [0.2, 0.25) is 0 Å². The molecule has 104 valence electrons. The van der Waals surface area contributed by atoms with Crippen LogP contribution in [0.1, 0.15) is 27.2 Å². The molecule has 0 saturated carbocycles. The van der Waals surface area contributed by atoms with Gasteiger partial charge in [-0.05, 0) is 43.5 Å². The van der Waals surface area contributed by atoms with Crippen LogP contribution in [0.15, 0.2) is 33.8 Å². The molecule has 0 heterocycles. The lowest BCUT2D eigenvalue weighted by atomic mass is 10.1. The Bertz CT molecular complexity index is 443. The molecule has 0 saturated heterocycles. The van der Waals surface area contributed by atoms with Gasteiger partial charge in [-0.15, -0.1) is 0 Å². The van der Waals surface area contributed by atoms with Gasteiger partial charge in [-0.2, -0.15) is 5.10 Å². The van der Waals surface area contributed by atoms with Gasteiger partial charge in [0.1, 0.15) is 5.75 Å². The topological polar surface area (TPSA) is 50.7 Å². The summed E-state index contributed by atoms with van der Waals surface area (Å²) in [4.78, 5) is 11.5. The molecule has 0 bridgehead atoms. The number of nitrogens with one attached hydrogen (secondary N) is 1. The zero-order valence-electron chi connectivity index (χ0n) is 11.4. The molecule has 0 spiro atoms. The van der Waals surface area contributed by atoms with Gasteiger partial charge in [0.05, 0.1) is 0 Å². The first-order chi connectivity index (χ1) is 9.02. The van der Waals surface area contributed by atoms with E-state index in [1.165, 1.54) is 0 Å². The number of hydrogen-bond donors (Lipinski definition) is 1. The van der Waals surface area contributed by atoms with E-state index in [1.54, 1.807) is 12.1 Å². The normalized spacial score (nSPS) is 12.9. The van der Waals surface area contributed by atoms with E-state index >= 15 is 0 Å². The van der Waals surface area contributed by atoms with Crippen molar-refractivity contribution in [2.75, 3.05) is 6.61 Å². The summed E-state index contributed by atoms with van der Waals surface area (Å²) in [6, 6.07) is 7.31. The Hall–Kier alpha value is -1.36. The molecule has 1 aromatic rings. The number of carbonyl (C=O) groups is 1. The molecule has 1 aromatic carbocycles. The van der Waals surface area contributed by atoms with Gasteiger partial charge in [0.25, 0.3) is 5.91 Å². The number of ether oxygens (including phenoxy) is 1. The Morgan fingerprint density at radius 3 is 2.63 bits per heavy atom. The van der Waals surface area contributed by atoms with Crippen molar-refractivity contribution in [1.82, 2.24) is 5.43 Å². The molecular formula is C14H19BrN2O2. The number of amides is 1. The van der Waals surface area contributed by atoms with Gasteiger partial charge >= 0.3 is 0 Å². The smallest absolute Gasteiger partial charge is 0.277 e. The van der Waals surface area contributed by atoms with E-state index < -0.39 is 0 Å². The van der Waals surface area contributed by atoms with Crippen LogP contribution in [0.3, 0.4) is 0 Å². The first-order valence-corrected chi connectivity index (χ1v) is 7.03. The highest BCUT2D eigenvalue weighted by Gasteiger charge is 2.05. The van der Waals surface area contributed by atoms with Crippen molar-refractivity contribution in [3.8, 4) is 5.75 Å². The summed E-state index contributed by atoms with van der Waals surface area (Å²) < 4.78 is 6.31. The van der Waals surface area contributed by atoms with Gasteiger partial charge in [-0.3, -0.25) is 4.79 Å². The van der Waals surface area contributed by atoms with Crippen molar-refractivity contribution in [1.29, 1.82) is 0 Å². The van der Waals surface area contributed by atoms with Crippen LogP contribution in [0, 0.1) is 5.92 Å². The molecular weight excluding hydrogens is 308 g/mol. The Labute approximate surface area is 122 Å². The molecule has 0 aromatic heterocycles. The van der Waals surface area contributed by atoms with Gasteiger partial charge in [0, 0.05) is 10.2 Å². The summed E-state index contributed by atoms with van der Waals surface area (Å²) in [6.07, 6.45) is 1.00. The van der Waals surface area contributed by atoms with Crippen molar-refractivity contribution in [3.63, 3.8) is 0 Å². The van der Waals surface area contributed by atoms with Crippen LogP contribution in [-0.2, 0) is 4.79 Å². The highest BCUT2D eigenvalue weighted by atomic mass is 79.9. The van der Waals surface area contributed by atoms with E-state index in [1.807, 2.05) is 19.1 Å². The molecule has 19 heavy (non-hydrogen) atoms. The Kier molecular flexibility index (Phi) is 6.56. The minimum atomic E-state index is -0.259. The summed E-state index contributed by atoms with van der Waals surface area (Å²) >= 11 is 3.33. The maximum absolute atomic E-state index is 11.5. The zero-order chi connectivity index (χ0) is 14.3. The monoisotopic (exact) mass is 326 g/mol. The summed E-state index contributed by atoms with van der Waals surface area (Å²) in [5, 5.41) is 4.05. The quantitative estimate of drug-likeness (QED) is 0.643. The lowest BCUT2D eigenvalue weighted by molar-refractivity contribution is -0.123. The molecule has 1 atom stereocenters. The van der Waals surface area contributed by atoms with Crippen LogP contribution in [0.25, 0.3) is 0 Å². The van der Waals surface area contributed by atoms with E-state index in [4.69, 9.17) is 4.74 Å². The maximum Gasteiger partial charge on any atom is 0.277 e. The molecule has 1 N–H and O–H groups in total. The standard InChI is InChI=1S/C14H19BrN2O2/c1-4-10(2)11(3)16-17-14(18)9-19-13-7-5-12(15)6-8-13/h5-8,10H,4,9H2,1-3H3,(H,17,18)/b16-11-/t10-/m1/s1. The second-order valence-electron chi connectivity index (χ2n) is 4.34. The fourth-order valence-corrected chi connectivity index (χ4v) is 1.53. The maximum atomic E-state index is 11.5. The second-order valence-corrected chi connectivity index (χ2v) is 5.26. The van der Waals surface area contributed by atoms with Crippen LogP contribution in [-0.4, -0.2) is 18.2 Å². The van der Waals surface area contributed by atoms with E-state index in [2.05, 4.69) is 40.3 Å². The van der Waals surface area contributed by atoms with E-state index in [-0.39, 0.29) is 12.5 Å². The number of halogens is 1. The van der Waals surface area contributed by atoms with Crippen molar-refractivity contribution in [3.05, 3.63) is 28.7 Å². The van der Waals surface area contributed by atoms with E-state index in [9.17, 15) is 4.79 Å². The van der Waals surface area contributed by atoms with E-state index in [0.29, 0.717) is 11.7 Å². The number of nitrogens with zero attached hydrogens (tertiary/aromatic N) is 1. The molecule has 1 amide bonds. The molecule has 0 aliphatic heterocycles. The van der Waals surface area contributed by atoms with Crippen LogP contribution < -0.4 is 10.2 Å². The average Bonchev–Trinajstić information content (AvgIpc) is 2.43. The number of hydrazone groups is 1. The van der Waals surface area contributed by atoms with Crippen molar-refractivity contribution in [2.45, 2.75) is 27.2 Å². The predicted molar refractivity (Wildman–Crippen MR) is 80.3 cm³/mol. The van der Waals surface area contributed by atoms with Gasteiger partial charge in [0.2, 0.25) is 0 Å². The third-order valence-electron chi connectivity index (χ3n) is 2.87. The lowest BCUT2D eigenvalue weighted by Crippen LogP contribution is -2.26. The molecule has 0 aliphatic carbocycles. The fourth-order valence-electron chi connectivity index (χ4n) is 1.27. The summed E-state index contributed by atoms with van der Waals surface area (Å²) in [7, 11) is 0. The Morgan fingerprint density at radius 2 is 2.05 bits per heavy atom. The molecule has 0 radical (unpaired) electrons. The first kappa shape index (κ1) is 15.7. The summed E-state index contributed by atoms with van der Waals surface area (Å²) in [6.45, 7) is 6.02. The van der Waals surface area contributed by atoms with E-state index in [0.717, 1.165) is 16.6 Å². The minimum absolute atomic E-state index is 0.0427. The number of carbonyl (C=O) groups excluding carboxylic acids is 1. The molecule has 4 nitrogen and oxygen atoms in total. The van der Waals surface area contributed by atoms with Gasteiger partial charge < -0.3 is 4.74 Å². The van der Waals surface area contributed by atoms with Crippen molar-refractivity contribution < 1.29 is 9.53 Å². The first-order valence-electron chi connectivity index (χ1n) is 6.24. The predicted octanol–water partition coefficient (Wildman–Crippen LogP) is 3.37. The molecule has 1 rings (SSSR count). The average molecular weight is 327 g/mol. The third-order valence-corrected chi connectivity index (χ3v) is 3.39. The summed E-state index contributed by atoms with van der Waals surface area (Å²) in [5.74, 6) is 0.763. The van der Waals surface area contributed by atoms with Gasteiger partial charge in [-0.1, -0.05) is 29.8 Å². The van der Waals surface area contributed by atoms with Crippen molar-refractivity contribution in [2.24, 2.45) is 11.0 Å². The van der Waals surface area contributed by atoms with Crippen molar-refractivity contribution >= 4 is 27.5 Å². The highest BCUT2D eigenvalue weighted by molar-refractivity contribution is 9.10. The molecule has 0 fully saturated rings. The SMILES string of the molecule is CC[C@@H](C)/C(C)=N\NC(=O)COc1ccc(Br)cc1. The van der Waals surface area contributed by atoms with Crippen LogP contribution >= 0.6 is 15.9 Å². The molecule has 5 heteroatoms. The lowest BCUT2D eigenvalue weighted by Gasteiger charge is -2.08. The van der Waals surface area contributed by atoms with Gasteiger partial charge in [-0.25, -0.2) is 5.43 Å². The minimum Gasteiger partial charge on any atom is -0.484 e. The van der Waals surface area contributed by atoms with Crippen LogP contribution in [0.5, 0.6) is 5.75 Å². The van der Waals surface area contributed by atoms with Crippen LogP contribution in [0.4, 0.5) is 0 Å². The zero-order valence-corrected chi connectivity index (χ0v) is 13.0. The second kappa shape index (κ2) is 7.94. The number of benzene rings is 1. The van der Waals surface area contributed by atoms with Gasteiger partial charge in [0.15, 0.2) is 6.61 Å². The largest absolute Gasteiger partial charge is 0.484 e. The molecule has 0 unspecified atom stereocenters. The Morgan fingerprint density at radius 1 is 1.42 bits per heavy atom. The molecule has 0 aliphatic rings. The number of rotatable bonds is 6. The fraction of sp³-hybridized carbons (Fsp3) is 0.429. The number of hydrogen-bond acceptors (Lipinski definition) is 3. The summed E-state index contributed by atoms with van der Waals surface area (Å²) in [5.41, 5.74) is 3.41.